The lowest BCUT2D eigenvalue weighted by molar-refractivity contribution is -0.149. The summed E-state index contributed by atoms with van der Waals surface area (Å²) in [5.41, 5.74) is 0.805. The van der Waals surface area contributed by atoms with Gasteiger partial charge in [-0.25, -0.2) is 4.39 Å². The van der Waals surface area contributed by atoms with Crippen molar-refractivity contribution >= 4 is 21.9 Å². The first-order valence-electron chi connectivity index (χ1n) is 5.55. The van der Waals surface area contributed by atoms with Crippen LogP contribution in [0, 0.1) is 5.82 Å². The average molecular weight is 318 g/mol. The third-order valence-electron chi connectivity index (χ3n) is 2.95. The maximum absolute atomic E-state index is 13.0. The molecule has 2 N–H and O–H groups in total. The molecule has 98 valence electrons. The van der Waals surface area contributed by atoms with Gasteiger partial charge in [-0.1, -0.05) is 22.0 Å². The van der Waals surface area contributed by atoms with Gasteiger partial charge in [0.15, 0.2) is 0 Å². The van der Waals surface area contributed by atoms with Crippen molar-refractivity contribution in [2.75, 3.05) is 6.54 Å². The molecule has 6 heteroatoms. The molecule has 0 radical (unpaired) electrons. The fourth-order valence-corrected chi connectivity index (χ4v) is 2.63. The monoisotopic (exact) mass is 317 g/mol. The molecule has 1 aliphatic heterocycles. The van der Waals surface area contributed by atoms with Crippen molar-refractivity contribution in [3.63, 3.8) is 0 Å². The van der Waals surface area contributed by atoms with Crippen LogP contribution in [-0.2, 0) is 9.53 Å². The van der Waals surface area contributed by atoms with Crippen LogP contribution in [0.2, 0.25) is 0 Å². The van der Waals surface area contributed by atoms with Gasteiger partial charge >= 0.3 is 5.97 Å². The van der Waals surface area contributed by atoms with Gasteiger partial charge < -0.3 is 9.84 Å². The lowest BCUT2D eigenvalue weighted by atomic mass is 10.0. The molecule has 0 bridgehead atoms. The van der Waals surface area contributed by atoms with Crippen LogP contribution in [0.15, 0.2) is 22.7 Å². The number of aliphatic carboxylic acids is 1. The Morgan fingerprint density at radius 1 is 1.61 bits per heavy atom. The van der Waals surface area contributed by atoms with E-state index in [2.05, 4.69) is 21.2 Å². The fraction of sp³-hybridized carbons (Fsp3) is 0.417. The Morgan fingerprint density at radius 2 is 2.33 bits per heavy atom. The van der Waals surface area contributed by atoms with Crippen molar-refractivity contribution in [3.8, 4) is 0 Å². The Balaban J connectivity index is 2.15. The molecule has 4 nitrogen and oxygen atoms in total. The molecule has 0 saturated carbocycles. The molecule has 1 fully saturated rings. The quantitative estimate of drug-likeness (QED) is 0.877. The maximum atomic E-state index is 13.0. The fourth-order valence-electron chi connectivity index (χ4n) is 2.02. The molecule has 1 saturated heterocycles. The number of rotatable bonds is 2. The molecular weight excluding hydrogens is 305 g/mol. The number of carboxylic acids is 1. The molecule has 0 spiro atoms. The summed E-state index contributed by atoms with van der Waals surface area (Å²) in [6, 6.07) is 3.66. The Bertz CT molecular complexity index is 469. The molecule has 1 heterocycles. The normalized spacial score (nSPS) is 28.1. The highest BCUT2D eigenvalue weighted by Crippen LogP contribution is 2.30. The standard InChI is InChI=1S/C12H13BrFNO3/c1-6-11(12(16)17)15-5-10(18-6)8-3-2-7(14)4-9(8)13/h2-4,6,10-11,15H,5H2,1H3,(H,16,17). The van der Waals surface area contributed by atoms with E-state index in [0.717, 1.165) is 5.56 Å². The summed E-state index contributed by atoms with van der Waals surface area (Å²) >= 11 is 3.28. The number of carbonyl (C=O) groups is 1. The maximum Gasteiger partial charge on any atom is 0.323 e. The van der Waals surface area contributed by atoms with Crippen LogP contribution in [0.4, 0.5) is 4.39 Å². The summed E-state index contributed by atoms with van der Waals surface area (Å²) < 4.78 is 19.3. The number of hydrogen-bond acceptors (Lipinski definition) is 3. The van der Waals surface area contributed by atoms with Gasteiger partial charge in [0.2, 0.25) is 0 Å². The lowest BCUT2D eigenvalue weighted by Crippen LogP contribution is -2.52. The SMILES string of the molecule is CC1OC(c2ccc(F)cc2Br)CNC1C(=O)O. The molecule has 0 amide bonds. The van der Waals surface area contributed by atoms with E-state index < -0.39 is 18.1 Å². The average Bonchev–Trinajstić information content (AvgIpc) is 2.28. The van der Waals surface area contributed by atoms with Gasteiger partial charge in [0.1, 0.15) is 11.9 Å². The summed E-state index contributed by atoms with van der Waals surface area (Å²) in [6.45, 7) is 2.08. The second-order valence-electron chi connectivity index (χ2n) is 4.22. The number of nitrogens with one attached hydrogen (secondary N) is 1. The Hall–Kier alpha value is -0.980. The first-order chi connectivity index (χ1) is 8.49. The predicted octanol–water partition coefficient (Wildman–Crippen LogP) is 2.09. The first-order valence-corrected chi connectivity index (χ1v) is 6.35. The third-order valence-corrected chi connectivity index (χ3v) is 3.63. The zero-order valence-corrected chi connectivity index (χ0v) is 11.3. The second-order valence-corrected chi connectivity index (χ2v) is 5.07. The van der Waals surface area contributed by atoms with E-state index in [1.54, 1.807) is 13.0 Å². The zero-order chi connectivity index (χ0) is 13.3. The lowest BCUT2D eigenvalue weighted by Gasteiger charge is -2.34. The second kappa shape index (κ2) is 5.34. The van der Waals surface area contributed by atoms with Gasteiger partial charge in [0.25, 0.3) is 0 Å². The summed E-state index contributed by atoms with van der Waals surface area (Å²) in [4.78, 5) is 10.9. The molecule has 18 heavy (non-hydrogen) atoms. The summed E-state index contributed by atoms with van der Waals surface area (Å²) in [5.74, 6) is -1.26. The Labute approximate surface area is 112 Å². The number of carboxylic acid groups (broad SMARTS) is 1. The highest BCUT2D eigenvalue weighted by Gasteiger charge is 2.33. The van der Waals surface area contributed by atoms with E-state index in [-0.39, 0.29) is 11.9 Å². The number of halogens is 2. The van der Waals surface area contributed by atoms with Crippen molar-refractivity contribution in [1.82, 2.24) is 5.32 Å². The number of hydrogen-bond donors (Lipinski definition) is 2. The van der Waals surface area contributed by atoms with Gasteiger partial charge in [-0.15, -0.1) is 0 Å². The van der Waals surface area contributed by atoms with Crippen molar-refractivity contribution in [2.45, 2.75) is 25.2 Å². The molecule has 1 aliphatic rings. The smallest absolute Gasteiger partial charge is 0.323 e. The minimum Gasteiger partial charge on any atom is -0.480 e. The van der Waals surface area contributed by atoms with Gasteiger partial charge in [0.05, 0.1) is 12.2 Å². The third kappa shape index (κ3) is 2.71. The van der Waals surface area contributed by atoms with E-state index in [9.17, 15) is 9.18 Å². The van der Waals surface area contributed by atoms with Gasteiger partial charge in [-0.3, -0.25) is 10.1 Å². The van der Waals surface area contributed by atoms with Crippen molar-refractivity contribution in [1.29, 1.82) is 0 Å². The number of ether oxygens (including phenoxy) is 1. The van der Waals surface area contributed by atoms with E-state index in [4.69, 9.17) is 9.84 Å². The van der Waals surface area contributed by atoms with Crippen LogP contribution < -0.4 is 5.32 Å². The van der Waals surface area contributed by atoms with Gasteiger partial charge in [-0.2, -0.15) is 0 Å². The minimum atomic E-state index is -0.931. The molecule has 0 aliphatic carbocycles. The number of morpholine rings is 1. The highest BCUT2D eigenvalue weighted by atomic mass is 79.9. The topological polar surface area (TPSA) is 58.6 Å². The van der Waals surface area contributed by atoms with E-state index in [1.807, 2.05) is 0 Å². The first kappa shape index (κ1) is 13.5. The van der Waals surface area contributed by atoms with E-state index in [1.165, 1.54) is 12.1 Å². The summed E-state index contributed by atoms with van der Waals surface area (Å²) in [6.07, 6.45) is -0.733. The molecule has 1 aromatic rings. The number of benzene rings is 1. The molecular formula is C12H13BrFNO3. The van der Waals surface area contributed by atoms with Crippen LogP contribution in [0.5, 0.6) is 0 Å². The Morgan fingerprint density at radius 3 is 2.89 bits per heavy atom. The Kier molecular flexibility index (Phi) is 3.99. The van der Waals surface area contributed by atoms with Crippen LogP contribution in [-0.4, -0.2) is 29.8 Å². The highest BCUT2D eigenvalue weighted by molar-refractivity contribution is 9.10. The minimum absolute atomic E-state index is 0.287. The van der Waals surface area contributed by atoms with Crippen molar-refractivity contribution < 1.29 is 19.0 Å². The molecule has 0 aromatic heterocycles. The van der Waals surface area contributed by atoms with Crippen LogP contribution >= 0.6 is 15.9 Å². The largest absolute Gasteiger partial charge is 0.480 e. The van der Waals surface area contributed by atoms with E-state index >= 15 is 0 Å². The van der Waals surface area contributed by atoms with Crippen molar-refractivity contribution in [2.24, 2.45) is 0 Å². The molecule has 3 unspecified atom stereocenters. The van der Waals surface area contributed by atoms with Gasteiger partial charge in [0, 0.05) is 11.0 Å². The molecule has 1 aromatic carbocycles. The zero-order valence-electron chi connectivity index (χ0n) is 9.69. The van der Waals surface area contributed by atoms with Crippen LogP contribution in [0.25, 0.3) is 0 Å². The van der Waals surface area contributed by atoms with Crippen LogP contribution in [0.3, 0.4) is 0 Å². The summed E-state index contributed by atoms with van der Waals surface area (Å²) in [5, 5.41) is 11.9. The van der Waals surface area contributed by atoms with E-state index in [0.29, 0.717) is 11.0 Å². The molecule has 3 atom stereocenters. The predicted molar refractivity (Wildman–Crippen MR) is 66.8 cm³/mol. The molecule has 2 rings (SSSR count). The van der Waals surface area contributed by atoms with Crippen molar-refractivity contribution in [3.05, 3.63) is 34.1 Å². The van der Waals surface area contributed by atoms with Gasteiger partial charge in [-0.05, 0) is 24.6 Å². The summed E-state index contributed by atoms with van der Waals surface area (Å²) in [7, 11) is 0. The van der Waals surface area contributed by atoms with Crippen LogP contribution in [0.1, 0.15) is 18.6 Å².